The standard InChI is InChI=1S/C11H20N2O8/c1-13-4(2-6(12)15)10(19)21-11-9(18)8(17)7(16)5(3-14)20-11/h4-5,7-9,11,13-14,16-18H,2-3H2,1H3,(H2,12,15)/t4-,5+,7-,8-,9+,11-/m0/s1. The van der Waals surface area contributed by atoms with E-state index >= 15 is 0 Å². The van der Waals surface area contributed by atoms with Crippen molar-refractivity contribution in [3.05, 3.63) is 0 Å². The van der Waals surface area contributed by atoms with Crippen LogP contribution < -0.4 is 11.1 Å². The monoisotopic (exact) mass is 308 g/mol. The van der Waals surface area contributed by atoms with Gasteiger partial charge < -0.3 is 41.0 Å². The molecule has 1 saturated heterocycles. The Kier molecular flexibility index (Phi) is 6.45. The zero-order chi connectivity index (χ0) is 16.2. The van der Waals surface area contributed by atoms with E-state index in [0.717, 1.165) is 0 Å². The van der Waals surface area contributed by atoms with Crippen molar-refractivity contribution in [1.29, 1.82) is 0 Å². The molecule has 1 fully saturated rings. The minimum Gasteiger partial charge on any atom is -0.432 e. The molecule has 1 rings (SSSR count). The molecule has 0 aromatic carbocycles. The second-order valence-corrected chi connectivity index (χ2v) is 4.65. The molecule has 0 saturated carbocycles. The van der Waals surface area contributed by atoms with Gasteiger partial charge in [0.2, 0.25) is 12.2 Å². The summed E-state index contributed by atoms with van der Waals surface area (Å²) in [6.45, 7) is -0.643. The molecule has 1 aliphatic heterocycles. The molecule has 1 aliphatic rings. The maximum atomic E-state index is 11.8. The predicted molar refractivity (Wildman–Crippen MR) is 66.5 cm³/mol. The Hall–Kier alpha value is -1.30. The maximum Gasteiger partial charge on any atom is 0.326 e. The lowest BCUT2D eigenvalue weighted by molar-refractivity contribution is -0.293. The van der Waals surface area contributed by atoms with Gasteiger partial charge in [-0.2, -0.15) is 0 Å². The van der Waals surface area contributed by atoms with E-state index in [2.05, 4.69) is 5.32 Å². The number of nitrogens with one attached hydrogen (secondary N) is 1. The highest BCUT2D eigenvalue weighted by molar-refractivity contribution is 5.84. The van der Waals surface area contributed by atoms with E-state index in [1.54, 1.807) is 0 Å². The fraction of sp³-hybridized carbons (Fsp3) is 0.818. The topological polar surface area (TPSA) is 172 Å². The van der Waals surface area contributed by atoms with E-state index in [1.165, 1.54) is 7.05 Å². The van der Waals surface area contributed by atoms with E-state index in [-0.39, 0.29) is 6.42 Å². The number of hydrogen-bond acceptors (Lipinski definition) is 9. The molecule has 21 heavy (non-hydrogen) atoms. The molecule has 10 nitrogen and oxygen atoms in total. The Balaban J connectivity index is 2.71. The predicted octanol–water partition coefficient (Wildman–Crippen LogP) is -4.21. The normalized spacial score (nSPS) is 34.2. The molecule has 6 atom stereocenters. The van der Waals surface area contributed by atoms with Gasteiger partial charge in [-0.15, -0.1) is 0 Å². The van der Waals surface area contributed by atoms with Crippen molar-refractivity contribution in [3.8, 4) is 0 Å². The number of hydrogen-bond donors (Lipinski definition) is 6. The number of carbonyl (C=O) groups is 2. The zero-order valence-corrected chi connectivity index (χ0v) is 11.4. The van der Waals surface area contributed by atoms with E-state index in [4.69, 9.17) is 20.3 Å². The number of amides is 1. The molecule has 0 unspecified atom stereocenters. The number of ether oxygens (including phenoxy) is 2. The summed E-state index contributed by atoms with van der Waals surface area (Å²) in [5, 5.41) is 40.3. The number of aliphatic hydroxyl groups is 4. The van der Waals surface area contributed by atoms with Crippen molar-refractivity contribution in [2.75, 3.05) is 13.7 Å². The number of likely N-dealkylation sites (N-methyl/N-ethyl adjacent to an activating group) is 1. The van der Waals surface area contributed by atoms with Gasteiger partial charge in [-0.3, -0.25) is 9.59 Å². The van der Waals surface area contributed by atoms with Crippen LogP contribution in [-0.4, -0.2) is 82.7 Å². The lowest BCUT2D eigenvalue weighted by Gasteiger charge is -2.39. The summed E-state index contributed by atoms with van der Waals surface area (Å²) < 4.78 is 9.85. The second kappa shape index (κ2) is 7.64. The molecular formula is C11H20N2O8. The Bertz CT molecular complexity index is 377. The highest BCUT2D eigenvalue weighted by Gasteiger charge is 2.45. The Labute approximate surface area is 120 Å². The summed E-state index contributed by atoms with van der Waals surface area (Å²) in [5.74, 6) is -1.67. The number of rotatable bonds is 6. The molecule has 0 spiro atoms. The van der Waals surface area contributed by atoms with Crippen molar-refractivity contribution in [2.45, 2.75) is 43.2 Å². The van der Waals surface area contributed by atoms with Crippen molar-refractivity contribution < 1.29 is 39.5 Å². The van der Waals surface area contributed by atoms with Crippen LogP contribution in [0.2, 0.25) is 0 Å². The minimum absolute atomic E-state index is 0.327. The fourth-order valence-corrected chi connectivity index (χ4v) is 1.87. The van der Waals surface area contributed by atoms with Gasteiger partial charge in [0, 0.05) is 0 Å². The zero-order valence-electron chi connectivity index (χ0n) is 11.4. The molecule has 0 aliphatic carbocycles. The Morgan fingerprint density at radius 2 is 1.90 bits per heavy atom. The van der Waals surface area contributed by atoms with Crippen LogP contribution in [0.5, 0.6) is 0 Å². The molecule has 0 aromatic rings. The lowest BCUT2D eigenvalue weighted by atomic mass is 9.99. The fourth-order valence-electron chi connectivity index (χ4n) is 1.87. The van der Waals surface area contributed by atoms with Crippen LogP contribution in [0.4, 0.5) is 0 Å². The van der Waals surface area contributed by atoms with Gasteiger partial charge in [0.1, 0.15) is 30.5 Å². The third-order valence-corrected chi connectivity index (χ3v) is 3.12. The first kappa shape index (κ1) is 17.8. The molecular weight excluding hydrogens is 288 g/mol. The van der Waals surface area contributed by atoms with Gasteiger partial charge in [-0.1, -0.05) is 0 Å². The number of carbonyl (C=O) groups excluding carboxylic acids is 2. The Morgan fingerprint density at radius 3 is 2.38 bits per heavy atom. The highest BCUT2D eigenvalue weighted by Crippen LogP contribution is 2.22. The highest BCUT2D eigenvalue weighted by atomic mass is 16.7. The number of nitrogens with two attached hydrogens (primary N) is 1. The molecule has 7 N–H and O–H groups in total. The summed E-state index contributed by atoms with van der Waals surface area (Å²) in [4.78, 5) is 22.6. The summed E-state index contributed by atoms with van der Waals surface area (Å²) in [7, 11) is 1.40. The van der Waals surface area contributed by atoms with Crippen molar-refractivity contribution in [2.24, 2.45) is 5.73 Å². The number of esters is 1. The first-order valence-electron chi connectivity index (χ1n) is 6.28. The average molecular weight is 308 g/mol. The van der Waals surface area contributed by atoms with Gasteiger partial charge >= 0.3 is 5.97 Å². The molecule has 0 bridgehead atoms. The first-order valence-corrected chi connectivity index (χ1v) is 6.28. The van der Waals surface area contributed by atoms with Crippen LogP contribution in [0.25, 0.3) is 0 Å². The van der Waals surface area contributed by atoms with Crippen molar-refractivity contribution in [3.63, 3.8) is 0 Å². The average Bonchev–Trinajstić information content (AvgIpc) is 2.44. The smallest absolute Gasteiger partial charge is 0.326 e. The van der Waals surface area contributed by atoms with E-state index in [0.29, 0.717) is 0 Å². The van der Waals surface area contributed by atoms with Crippen LogP contribution in [-0.2, 0) is 19.1 Å². The van der Waals surface area contributed by atoms with Crippen LogP contribution in [0.3, 0.4) is 0 Å². The molecule has 1 amide bonds. The van der Waals surface area contributed by atoms with Crippen LogP contribution >= 0.6 is 0 Å². The molecule has 0 radical (unpaired) electrons. The van der Waals surface area contributed by atoms with E-state index < -0.39 is 55.2 Å². The van der Waals surface area contributed by atoms with Crippen LogP contribution in [0.15, 0.2) is 0 Å². The third kappa shape index (κ3) is 4.33. The van der Waals surface area contributed by atoms with E-state index in [9.17, 15) is 24.9 Å². The Morgan fingerprint density at radius 1 is 1.29 bits per heavy atom. The van der Waals surface area contributed by atoms with Gasteiger partial charge in [0.25, 0.3) is 0 Å². The van der Waals surface area contributed by atoms with Crippen LogP contribution in [0, 0.1) is 0 Å². The summed E-state index contributed by atoms with van der Waals surface area (Å²) in [6.07, 6.45) is -8.00. The quantitative estimate of drug-likeness (QED) is 0.266. The first-order chi connectivity index (χ1) is 9.81. The van der Waals surface area contributed by atoms with E-state index in [1.807, 2.05) is 0 Å². The van der Waals surface area contributed by atoms with Gasteiger partial charge in [-0.05, 0) is 7.05 Å². The van der Waals surface area contributed by atoms with Gasteiger partial charge in [-0.25, -0.2) is 0 Å². The van der Waals surface area contributed by atoms with Crippen molar-refractivity contribution in [1.82, 2.24) is 5.32 Å². The maximum absolute atomic E-state index is 11.8. The number of aliphatic hydroxyl groups excluding tert-OH is 4. The third-order valence-electron chi connectivity index (χ3n) is 3.12. The SMILES string of the molecule is CN[C@@H](CC(N)=O)C(=O)O[C@@H]1O[C@H](CO)[C@H](O)[C@H](O)[C@H]1O. The molecule has 0 aromatic heterocycles. The molecule has 1 heterocycles. The summed E-state index contributed by atoms with van der Waals surface area (Å²) in [5.41, 5.74) is 4.98. The molecule has 122 valence electrons. The lowest BCUT2D eigenvalue weighted by Crippen LogP contribution is -2.60. The minimum atomic E-state index is -1.70. The van der Waals surface area contributed by atoms with Crippen molar-refractivity contribution >= 4 is 11.9 Å². The van der Waals surface area contributed by atoms with Crippen LogP contribution in [0.1, 0.15) is 6.42 Å². The summed E-state index contributed by atoms with van der Waals surface area (Å²) in [6, 6.07) is -1.05. The van der Waals surface area contributed by atoms with Gasteiger partial charge in [0.05, 0.1) is 13.0 Å². The largest absolute Gasteiger partial charge is 0.432 e. The second-order valence-electron chi connectivity index (χ2n) is 4.65. The summed E-state index contributed by atoms with van der Waals surface area (Å²) >= 11 is 0. The van der Waals surface area contributed by atoms with Gasteiger partial charge in [0.15, 0.2) is 0 Å². The number of primary amides is 1. The molecule has 10 heteroatoms.